The highest BCUT2D eigenvalue weighted by Gasteiger charge is 2.35. The van der Waals surface area contributed by atoms with Gasteiger partial charge in [0.1, 0.15) is 0 Å². The van der Waals surface area contributed by atoms with Gasteiger partial charge in [-0.1, -0.05) is 0 Å². The molecule has 1 aromatic heterocycles. The molecule has 1 aromatic rings. The number of ether oxygens (including phenoxy) is 1. The summed E-state index contributed by atoms with van der Waals surface area (Å²) in [5, 5.41) is 3.47. The smallest absolute Gasteiger partial charge is 0.0947 e. The first kappa shape index (κ1) is 12.2. The Morgan fingerprint density at radius 3 is 3.28 bits per heavy atom. The zero-order valence-electron chi connectivity index (χ0n) is 10.8. The van der Waals surface area contributed by atoms with Crippen LogP contribution in [0.4, 0.5) is 0 Å². The Labute approximate surface area is 108 Å². The first-order valence-corrected chi connectivity index (χ1v) is 7.01. The van der Waals surface area contributed by atoms with Gasteiger partial charge in [-0.05, 0) is 25.3 Å². The number of hydrogen-bond acceptors (Lipinski definition) is 4. The summed E-state index contributed by atoms with van der Waals surface area (Å²) in [6, 6.07) is 2.68. The van der Waals surface area contributed by atoms with Gasteiger partial charge >= 0.3 is 0 Å². The van der Waals surface area contributed by atoms with E-state index in [-0.39, 0.29) is 0 Å². The van der Waals surface area contributed by atoms with Crippen LogP contribution in [0.3, 0.4) is 0 Å². The van der Waals surface area contributed by atoms with Gasteiger partial charge in [-0.25, -0.2) is 0 Å². The van der Waals surface area contributed by atoms with Crippen molar-refractivity contribution in [3.05, 3.63) is 24.2 Å². The van der Waals surface area contributed by atoms with E-state index in [1.54, 1.807) is 12.5 Å². The number of fused-ring (bicyclic) bond motifs is 1. The Bertz CT molecular complexity index is 353. The fraction of sp³-hybridized carbons (Fsp3) is 0.714. The van der Waals surface area contributed by atoms with E-state index >= 15 is 0 Å². The van der Waals surface area contributed by atoms with Crippen molar-refractivity contribution < 1.29 is 9.15 Å². The summed E-state index contributed by atoms with van der Waals surface area (Å²) in [7, 11) is 0. The molecule has 0 radical (unpaired) electrons. The van der Waals surface area contributed by atoms with E-state index in [1.807, 2.05) is 6.07 Å². The zero-order chi connectivity index (χ0) is 12.2. The van der Waals surface area contributed by atoms with Gasteiger partial charge in [-0.2, -0.15) is 0 Å². The lowest BCUT2D eigenvalue weighted by molar-refractivity contribution is -0.0548. The molecule has 2 fully saturated rings. The van der Waals surface area contributed by atoms with Crippen molar-refractivity contribution in [2.24, 2.45) is 0 Å². The van der Waals surface area contributed by atoms with E-state index in [0.717, 1.165) is 32.8 Å². The van der Waals surface area contributed by atoms with Gasteiger partial charge in [-0.15, -0.1) is 0 Å². The molecule has 1 aliphatic heterocycles. The van der Waals surface area contributed by atoms with E-state index < -0.39 is 0 Å². The Morgan fingerprint density at radius 1 is 1.39 bits per heavy atom. The third-order valence-corrected chi connectivity index (χ3v) is 4.08. The van der Waals surface area contributed by atoms with Gasteiger partial charge in [0.05, 0.1) is 25.2 Å². The molecule has 2 heterocycles. The summed E-state index contributed by atoms with van der Waals surface area (Å²) in [5.74, 6) is 0. The molecule has 4 nitrogen and oxygen atoms in total. The van der Waals surface area contributed by atoms with E-state index in [2.05, 4.69) is 10.2 Å². The normalized spacial score (nSPS) is 28.4. The number of morpholine rings is 1. The number of nitrogens with one attached hydrogen (secondary N) is 1. The fourth-order valence-corrected chi connectivity index (χ4v) is 3.13. The van der Waals surface area contributed by atoms with Crippen LogP contribution in [0.5, 0.6) is 0 Å². The second-order valence-corrected chi connectivity index (χ2v) is 5.25. The van der Waals surface area contributed by atoms with Crippen LogP contribution in [0.2, 0.25) is 0 Å². The number of hydrogen-bond donors (Lipinski definition) is 1. The van der Waals surface area contributed by atoms with E-state index in [9.17, 15) is 0 Å². The minimum atomic E-state index is 0.507. The van der Waals surface area contributed by atoms with Crippen LogP contribution < -0.4 is 5.32 Å². The molecule has 4 heteroatoms. The summed E-state index contributed by atoms with van der Waals surface area (Å²) in [5.41, 5.74) is 1.22. The monoisotopic (exact) mass is 250 g/mol. The number of furan rings is 1. The minimum Gasteiger partial charge on any atom is -0.472 e. The van der Waals surface area contributed by atoms with Gasteiger partial charge in [0.25, 0.3) is 0 Å². The van der Waals surface area contributed by atoms with Crippen LogP contribution >= 0.6 is 0 Å². The predicted octanol–water partition coefficient (Wildman–Crippen LogP) is 1.62. The first-order valence-electron chi connectivity index (χ1n) is 7.01. The lowest BCUT2D eigenvalue weighted by Crippen LogP contribution is -2.50. The molecule has 1 saturated heterocycles. The topological polar surface area (TPSA) is 37.6 Å². The molecular formula is C14H22N2O2. The third kappa shape index (κ3) is 2.76. The predicted molar refractivity (Wildman–Crippen MR) is 69.4 cm³/mol. The van der Waals surface area contributed by atoms with Crippen LogP contribution in [-0.2, 0) is 11.3 Å². The maximum atomic E-state index is 5.82. The molecule has 0 aromatic carbocycles. The SMILES string of the molecule is c1cc(CNCCN2CCOC3CCCC32)co1. The summed E-state index contributed by atoms with van der Waals surface area (Å²) < 4.78 is 10.9. The molecule has 2 unspecified atom stereocenters. The van der Waals surface area contributed by atoms with Gasteiger partial charge in [-0.3, -0.25) is 4.90 Å². The standard InChI is InChI=1S/C14H22N2O2/c1-2-13-14(3-1)18-9-7-16(13)6-5-15-10-12-4-8-17-11-12/h4,8,11,13-15H,1-3,5-7,9-10H2. The summed E-state index contributed by atoms with van der Waals surface area (Å²) >= 11 is 0. The van der Waals surface area contributed by atoms with Crippen molar-refractivity contribution in [1.29, 1.82) is 0 Å². The van der Waals surface area contributed by atoms with Crippen molar-refractivity contribution in [3.8, 4) is 0 Å². The molecule has 0 bridgehead atoms. The molecule has 18 heavy (non-hydrogen) atoms. The van der Waals surface area contributed by atoms with E-state index in [1.165, 1.54) is 24.8 Å². The molecule has 1 saturated carbocycles. The molecule has 1 aliphatic carbocycles. The van der Waals surface area contributed by atoms with Gasteiger partial charge in [0.2, 0.25) is 0 Å². The van der Waals surface area contributed by atoms with Crippen molar-refractivity contribution in [3.63, 3.8) is 0 Å². The molecule has 0 spiro atoms. The van der Waals surface area contributed by atoms with Gasteiger partial charge in [0, 0.05) is 37.8 Å². The van der Waals surface area contributed by atoms with Crippen molar-refractivity contribution in [1.82, 2.24) is 10.2 Å². The maximum absolute atomic E-state index is 5.82. The number of nitrogens with zero attached hydrogens (tertiary/aromatic N) is 1. The van der Waals surface area contributed by atoms with Crippen LogP contribution in [0.25, 0.3) is 0 Å². The second kappa shape index (κ2) is 5.87. The molecule has 2 aliphatic rings. The van der Waals surface area contributed by atoms with Crippen LogP contribution in [-0.4, -0.2) is 43.3 Å². The summed E-state index contributed by atoms with van der Waals surface area (Å²) in [4.78, 5) is 2.60. The lowest BCUT2D eigenvalue weighted by atomic mass is 10.1. The summed E-state index contributed by atoms with van der Waals surface area (Å²) in [6.45, 7) is 5.06. The third-order valence-electron chi connectivity index (χ3n) is 4.08. The first-order chi connectivity index (χ1) is 8.93. The highest BCUT2D eigenvalue weighted by molar-refractivity contribution is 5.04. The Kier molecular flexibility index (Phi) is 3.98. The van der Waals surface area contributed by atoms with Gasteiger partial charge in [0.15, 0.2) is 0 Å². The molecule has 1 N–H and O–H groups in total. The van der Waals surface area contributed by atoms with Crippen molar-refractivity contribution >= 4 is 0 Å². The van der Waals surface area contributed by atoms with E-state index in [0.29, 0.717) is 12.1 Å². The zero-order valence-corrected chi connectivity index (χ0v) is 10.8. The highest BCUT2D eigenvalue weighted by atomic mass is 16.5. The fourth-order valence-electron chi connectivity index (χ4n) is 3.13. The molecule has 100 valence electrons. The second-order valence-electron chi connectivity index (χ2n) is 5.25. The Morgan fingerprint density at radius 2 is 2.39 bits per heavy atom. The quantitative estimate of drug-likeness (QED) is 0.806. The van der Waals surface area contributed by atoms with Crippen LogP contribution in [0, 0.1) is 0 Å². The molecule has 0 amide bonds. The Balaban J connectivity index is 1.39. The van der Waals surface area contributed by atoms with Gasteiger partial charge < -0.3 is 14.5 Å². The van der Waals surface area contributed by atoms with Crippen LogP contribution in [0.1, 0.15) is 24.8 Å². The highest BCUT2D eigenvalue weighted by Crippen LogP contribution is 2.29. The van der Waals surface area contributed by atoms with Crippen molar-refractivity contribution in [2.45, 2.75) is 38.0 Å². The summed E-state index contributed by atoms with van der Waals surface area (Å²) in [6.07, 6.45) is 7.92. The largest absolute Gasteiger partial charge is 0.472 e. The molecule has 3 rings (SSSR count). The Hall–Kier alpha value is -0.840. The number of rotatable bonds is 5. The average molecular weight is 250 g/mol. The maximum Gasteiger partial charge on any atom is 0.0947 e. The van der Waals surface area contributed by atoms with Crippen molar-refractivity contribution in [2.75, 3.05) is 26.2 Å². The minimum absolute atomic E-state index is 0.507. The van der Waals surface area contributed by atoms with E-state index in [4.69, 9.17) is 9.15 Å². The molecular weight excluding hydrogens is 228 g/mol. The average Bonchev–Trinajstić information content (AvgIpc) is 3.05. The molecule has 2 atom stereocenters. The van der Waals surface area contributed by atoms with Crippen LogP contribution in [0.15, 0.2) is 23.0 Å². The lowest BCUT2D eigenvalue weighted by Gasteiger charge is -2.37.